The summed E-state index contributed by atoms with van der Waals surface area (Å²) in [5.41, 5.74) is 6.87. The largest absolute Gasteiger partial charge is 0.344 e. The molecule has 0 aliphatic carbocycles. The molecule has 2 aliphatic heterocycles. The minimum Gasteiger partial charge on any atom is -0.344 e. The highest BCUT2D eigenvalue weighted by Gasteiger charge is 2.42. The molecule has 98 valence electrons. The van der Waals surface area contributed by atoms with Crippen LogP contribution in [0.15, 0.2) is 18.3 Å². The van der Waals surface area contributed by atoms with Gasteiger partial charge in [-0.15, -0.1) is 0 Å². The number of aryl methyl sites for hydroxylation is 1. The number of aromatic nitrogens is 1. The molecule has 2 bridgehead atoms. The van der Waals surface area contributed by atoms with E-state index in [2.05, 4.69) is 11.8 Å². The van der Waals surface area contributed by atoms with E-state index in [0.29, 0.717) is 12.1 Å². The van der Waals surface area contributed by atoms with Gasteiger partial charge in [0.1, 0.15) is 5.69 Å². The monoisotopic (exact) mass is 247 g/mol. The van der Waals surface area contributed by atoms with Gasteiger partial charge in [0.15, 0.2) is 0 Å². The van der Waals surface area contributed by atoms with Crippen LogP contribution < -0.4 is 5.73 Å². The molecule has 2 N–H and O–H groups in total. The fourth-order valence-corrected chi connectivity index (χ4v) is 3.57. The van der Waals surface area contributed by atoms with Crippen molar-refractivity contribution in [3.63, 3.8) is 0 Å². The molecule has 4 heteroatoms. The molecule has 2 aliphatic rings. The zero-order chi connectivity index (χ0) is 12.7. The second kappa shape index (κ2) is 4.43. The zero-order valence-corrected chi connectivity index (χ0v) is 10.9. The molecule has 3 heterocycles. The van der Waals surface area contributed by atoms with Gasteiger partial charge in [0.2, 0.25) is 0 Å². The van der Waals surface area contributed by atoms with Crippen LogP contribution in [0, 0.1) is 0 Å². The first-order chi connectivity index (χ1) is 8.70. The number of nitrogens with zero attached hydrogens (tertiary/aromatic N) is 2. The predicted molar refractivity (Wildman–Crippen MR) is 70.3 cm³/mol. The van der Waals surface area contributed by atoms with Crippen LogP contribution >= 0.6 is 0 Å². The molecule has 0 aromatic carbocycles. The van der Waals surface area contributed by atoms with E-state index in [1.165, 1.54) is 0 Å². The van der Waals surface area contributed by atoms with Crippen molar-refractivity contribution in [1.82, 2.24) is 9.47 Å². The maximum Gasteiger partial charge on any atom is 0.270 e. The Bertz CT molecular complexity index is 440. The number of amides is 1. The van der Waals surface area contributed by atoms with Crippen LogP contribution in [-0.4, -0.2) is 33.5 Å². The molecule has 18 heavy (non-hydrogen) atoms. The molecule has 1 aromatic rings. The molecule has 3 rings (SSSR count). The average molecular weight is 247 g/mol. The summed E-state index contributed by atoms with van der Waals surface area (Å²) in [4.78, 5) is 14.8. The molecule has 0 radical (unpaired) electrons. The van der Waals surface area contributed by atoms with E-state index in [1.54, 1.807) is 0 Å². The number of carbonyl (C=O) groups excluding carboxylic acids is 1. The second-order valence-electron chi connectivity index (χ2n) is 5.51. The molecule has 2 unspecified atom stereocenters. The molecular formula is C14H21N3O. The van der Waals surface area contributed by atoms with Gasteiger partial charge in [-0.2, -0.15) is 0 Å². The summed E-state index contributed by atoms with van der Waals surface area (Å²) < 4.78 is 2.02. The summed E-state index contributed by atoms with van der Waals surface area (Å²) in [5, 5.41) is 0. The Morgan fingerprint density at radius 1 is 1.39 bits per heavy atom. The van der Waals surface area contributed by atoms with Crippen molar-refractivity contribution in [1.29, 1.82) is 0 Å². The molecule has 0 saturated carbocycles. The first-order valence-corrected chi connectivity index (χ1v) is 6.94. The summed E-state index contributed by atoms with van der Waals surface area (Å²) in [6.45, 7) is 2.91. The minimum atomic E-state index is 0.196. The standard InChI is InChI=1S/C14H21N3O/c1-2-16-7-3-4-13(16)14(18)17-11-5-6-12(17)9-10(15)8-11/h3-4,7,10-12H,2,5-6,8-9,15H2,1H3. The van der Waals surface area contributed by atoms with Crippen molar-refractivity contribution < 1.29 is 4.79 Å². The summed E-state index contributed by atoms with van der Waals surface area (Å²) in [7, 11) is 0. The number of hydrogen-bond donors (Lipinski definition) is 1. The van der Waals surface area contributed by atoms with Gasteiger partial charge in [0.25, 0.3) is 5.91 Å². The van der Waals surface area contributed by atoms with E-state index in [-0.39, 0.29) is 11.9 Å². The SMILES string of the molecule is CCn1cccc1C(=O)N1C2CCC1CC(N)C2. The van der Waals surface area contributed by atoms with Gasteiger partial charge in [-0.1, -0.05) is 0 Å². The number of piperidine rings is 1. The molecule has 1 amide bonds. The van der Waals surface area contributed by atoms with E-state index in [4.69, 9.17) is 5.73 Å². The number of hydrogen-bond acceptors (Lipinski definition) is 2. The highest BCUT2D eigenvalue weighted by atomic mass is 16.2. The fraction of sp³-hybridized carbons (Fsp3) is 0.643. The Labute approximate surface area is 108 Å². The second-order valence-corrected chi connectivity index (χ2v) is 5.51. The number of nitrogens with two attached hydrogens (primary N) is 1. The minimum absolute atomic E-state index is 0.196. The van der Waals surface area contributed by atoms with Gasteiger partial charge in [-0.25, -0.2) is 0 Å². The molecule has 2 saturated heterocycles. The zero-order valence-electron chi connectivity index (χ0n) is 10.9. The van der Waals surface area contributed by atoms with Gasteiger partial charge < -0.3 is 15.2 Å². The normalized spacial score (nSPS) is 30.8. The molecule has 2 atom stereocenters. The Morgan fingerprint density at radius 2 is 2.06 bits per heavy atom. The van der Waals surface area contributed by atoms with Crippen molar-refractivity contribution in [2.75, 3.05) is 0 Å². The van der Waals surface area contributed by atoms with E-state index < -0.39 is 0 Å². The van der Waals surface area contributed by atoms with Crippen LogP contribution in [-0.2, 0) is 6.54 Å². The molecule has 4 nitrogen and oxygen atoms in total. The van der Waals surface area contributed by atoms with Crippen LogP contribution in [0.2, 0.25) is 0 Å². The van der Waals surface area contributed by atoms with Crippen molar-refractivity contribution >= 4 is 5.91 Å². The maximum atomic E-state index is 12.7. The van der Waals surface area contributed by atoms with Gasteiger partial charge in [0, 0.05) is 30.9 Å². The average Bonchev–Trinajstić information content (AvgIpc) is 2.92. The molecule has 0 spiro atoms. The number of rotatable bonds is 2. The Morgan fingerprint density at radius 3 is 2.67 bits per heavy atom. The third-order valence-corrected chi connectivity index (χ3v) is 4.39. The van der Waals surface area contributed by atoms with Crippen LogP contribution in [0.5, 0.6) is 0 Å². The van der Waals surface area contributed by atoms with Gasteiger partial charge in [-0.3, -0.25) is 4.79 Å². The van der Waals surface area contributed by atoms with Gasteiger partial charge >= 0.3 is 0 Å². The smallest absolute Gasteiger partial charge is 0.270 e. The lowest BCUT2D eigenvalue weighted by molar-refractivity contribution is 0.0564. The highest BCUT2D eigenvalue weighted by Crippen LogP contribution is 2.36. The number of fused-ring (bicyclic) bond motifs is 2. The Kier molecular flexibility index (Phi) is 2.90. The first-order valence-electron chi connectivity index (χ1n) is 6.94. The molecule has 1 aromatic heterocycles. The van der Waals surface area contributed by atoms with E-state index in [0.717, 1.165) is 37.9 Å². The van der Waals surface area contributed by atoms with Crippen LogP contribution in [0.25, 0.3) is 0 Å². The summed E-state index contributed by atoms with van der Waals surface area (Å²) in [6.07, 6.45) is 6.16. The lowest BCUT2D eigenvalue weighted by Gasteiger charge is -2.37. The highest BCUT2D eigenvalue weighted by molar-refractivity contribution is 5.93. The first kappa shape index (κ1) is 11.8. The Balaban J connectivity index is 1.85. The van der Waals surface area contributed by atoms with E-state index in [9.17, 15) is 4.79 Å². The van der Waals surface area contributed by atoms with Crippen LogP contribution in [0.3, 0.4) is 0 Å². The van der Waals surface area contributed by atoms with Crippen molar-refractivity contribution in [2.45, 2.75) is 57.3 Å². The summed E-state index contributed by atoms with van der Waals surface area (Å²) in [5.74, 6) is 0.196. The predicted octanol–water partition coefficient (Wildman–Crippen LogP) is 1.60. The third kappa shape index (κ3) is 1.75. The van der Waals surface area contributed by atoms with Crippen LogP contribution in [0.1, 0.15) is 43.1 Å². The summed E-state index contributed by atoms with van der Waals surface area (Å²) >= 11 is 0. The number of carbonyl (C=O) groups is 1. The van der Waals surface area contributed by atoms with Crippen molar-refractivity contribution in [2.24, 2.45) is 5.73 Å². The van der Waals surface area contributed by atoms with Gasteiger partial charge in [-0.05, 0) is 44.7 Å². The Hall–Kier alpha value is -1.29. The lowest BCUT2D eigenvalue weighted by Crippen LogP contribution is -2.50. The molecule has 2 fully saturated rings. The van der Waals surface area contributed by atoms with E-state index >= 15 is 0 Å². The lowest BCUT2D eigenvalue weighted by atomic mass is 9.98. The summed E-state index contributed by atoms with van der Waals surface area (Å²) in [6, 6.07) is 4.90. The topological polar surface area (TPSA) is 51.3 Å². The van der Waals surface area contributed by atoms with E-state index in [1.807, 2.05) is 22.9 Å². The van der Waals surface area contributed by atoms with Crippen molar-refractivity contribution in [3.05, 3.63) is 24.0 Å². The van der Waals surface area contributed by atoms with Gasteiger partial charge in [0.05, 0.1) is 0 Å². The fourth-order valence-electron chi connectivity index (χ4n) is 3.57. The molecular weight excluding hydrogens is 226 g/mol. The van der Waals surface area contributed by atoms with Crippen LogP contribution in [0.4, 0.5) is 0 Å². The third-order valence-electron chi connectivity index (χ3n) is 4.39. The quantitative estimate of drug-likeness (QED) is 0.863. The maximum absolute atomic E-state index is 12.7. The van der Waals surface area contributed by atoms with Crippen molar-refractivity contribution in [3.8, 4) is 0 Å².